The molecule has 1 aromatic heterocycles. The van der Waals surface area contributed by atoms with Gasteiger partial charge in [-0.2, -0.15) is 0 Å². The second-order valence-corrected chi connectivity index (χ2v) is 8.61. The molecule has 8 nitrogen and oxygen atoms in total. The van der Waals surface area contributed by atoms with Gasteiger partial charge in [0.05, 0.1) is 16.1 Å². The number of anilines is 2. The number of benzene rings is 3. The Hall–Kier alpha value is -3.92. The summed E-state index contributed by atoms with van der Waals surface area (Å²) in [7, 11) is -3.92. The number of carbonyl (C=O) groups is 1. The van der Waals surface area contributed by atoms with Gasteiger partial charge in [0.15, 0.2) is 5.58 Å². The van der Waals surface area contributed by atoms with E-state index in [0.29, 0.717) is 16.8 Å². The maximum absolute atomic E-state index is 13.3. The second kappa shape index (κ2) is 8.67. The first-order valence-corrected chi connectivity index (χ1v) is 11.1. The number of amides is 1. The molecule has 0 atom stereocenters. The molecule has 0 fully saturated rings. The van der Waals surface area contributed by atoms with Crippen molar-refractivity contribution in [1.29, 1.82) is 0 Å². The zero-order valence-electron chi connectivity index (χ0n) is 16.6. The van der Waals surface area contributed by atoms with E-state index in [4.69, 9.17) is 4.42 Å². The molecule has 0 unspecified atom stereocenters. The summed E-state index contributed by atoms with van der Waals surface area (Å²) in [5.41, 5.74) is 1.54. The zero-order chi connectivity index (χ0) is 22.7. The molecule has 32 heavy (non-hydrogen) atoms. The summed E-state index contributed by atoms with van der Waals surface area (Å²) >= 11 is 0. The van der Waals surface area contributed by atoms with Crippen LogP contribution in [0.2, 0.25) is 0 Å². The monoisotopic (exact) mass is 455 g/mol. The summed E-state index contributed by atoms with van der Waals surface area (Å²) in [6, 6.07) is 17.6. The molecule has 0 spiro atoms. The number of rotatable bonds is 7. The average molecular weight is 455 g/mol. The maximum Gasteiger partial charge on any atom is 0.419 e. The third-order valence-corrected chi connectivity index (χ3v) is 6.06. The Morgan fingerprint density at radius 2 is 1.72 bits per heavy atom. The van der Waals surface area contributed by atoms with Crippen molar-refractivity contribution in [1.82, 2.24) is 4.57 Å². The number of oxazole rings is 1. The molecule has 2 N–H and O–H groups in total. The van der Waals surface area contributed by atoms with Crippen LogP contribution in [0, 0.1) is 5.82 Å². The number of carbonyl (C=O) groups excluding carboxylic acids is 1. The van der Waals surface area contributed by atoms with E-state index < -0.39 is 21.6 Å². The van der Waals surface area contributed by atoms with E-state index in [-0.39, 0.29) is 29.5 Å². The molecule has 0 bridgehead atoms. The fourth-order valence-corrected chi connectivity index (χ4v) is 4.20. The van der Waals surface area contributed by atoms with Gasteiger partial charge in [-0.1, -0.05) is 18.2 Å². The highest BCUT2D eigenvalue weighted by Gasteiger charge is 2.15. The summed E-state index contributed by atoms with van der Waals surface area (Å²) in [5.74, 6) is -1.45. The molecule has 164 valence electrons. The minimum Gasteiger partial charge on any atom is -0.408 e. The third kappa shape index (κ3) is 4.70. The first-order valence-electron chi connectivity index (χ1n) is 9.58. The molecule has 0 aliphatic rings. The Kier molecular flexibility index (Phi) is 5.78. The van der Waals surface area contributed by atoms with Crippen molar-refractivity contribution in [2.75, 3.05) is 10.0 Å². The Morgan fingerprint density at radius 3 is 2.47 bits per heavy atom. The minimum absolute atomic E-state index is 0.0185. The predicted octanol–water partition coefficient (Wildman–Crippen LogP) is 3.56. The molecule has 0 saturated heterocycles. The predicted molar refractivity (Wildman–Crippen MR) is 117 cm³/mol. The van der Waals surface area contributed by atoms with Gasteiger partial charge in [0.2, 0.25) is 5.91 Å². The summed E-state index contributed by atoms with van der Waals surface area (Å²) in [6.07, 6.45) is 0.0185. The van der Waals surface area contributed by atoms with Crippen molar-refractivity contribution < 1.29 is 22.0 Å². The summed E-state index contributed by atoms with van der Waals surface area (Å²) < 4.78 is 47.0. The molecular formula is C22H18FN3O5S. The van der Waals surface area contributed by atoms with Crippen LogP contribution in [0.15, 0.2) is 86.9 Å². The first kappa shape index (κ1) is 21.3. The topological polar surface area (TPSA) is 110 Å². The van der Waals surface area contributed by atoms with E-state index in [9.17, 15) is 22.4 Å². The standard InChI is InChI=1S/C22H18FN3O5S/c23-15-4-3-5-17(14-15)25-32(29,30)18-10-8-16(9-11-18)24-21(27)12-13-26-19-6-1-2-7-20(19)31-22(26)28/h1-11,14,25H,12-13H2,(H,24,27). The number of nitrogens with zero attached hydrogens (tertiary/aromatic N) is 1. The van der Waals surface area contributed by atoms with Gasteiger partial charge >= 0.3 is 5.76 Å². The van der Waals surface area contributed by atoms with Gasteiger partial charge in [-0.15, -0.1) is 0 Å². The molecule has 3 aromatic carbocycles. The Morgan fingerprint density at radius 1 is 0.969 bits per heavy atom. The van der Waals surface area contributed by atoms with E-state index in [2.05, 4.69) is 10.0 Å². The van der Waals surface area contributed by atoms with Crippen LogP contribution < -0.4 is 15.8 Å². The van der Waals surface area contributed by atoms with Gasteiger partial charge in [-0.25, -0.2) is 17.6 Å². The molecule has 10 heteroatoms. The molecular weight excluding hydrogens is 437 g/mol. The van der Waals surface area contributed by atoms with Gasteiger partial charge in [0, 0.05) is 18.7 Å². The summed E-state index contributed by atoms with van der Waals surface area (Å²) in [6.45, 7) is 0.131. The number of halogens is 1. The van der Waals surface area contributed by atoms with E-state index in [1.54, 1.807) is 24.3 Å². The molecule has 4 rings (SSSR count). The van der Waals surface area contributed by atoms with E-state index in [1.165, 1.54) is 47.0 Å². The van der Waals surface area contributed by atoms with Crippen molar-refractivity contribution in [3.63, 3.8) is 0 Å². The first-order chi connectivity index (χ1) is 15.3. The number of aryl methyl sites for hydroxylation is 1. The normalized spacial score (nSPS) is 11.4. The fourth-order valence-electron chi connectivity index (χ4n) is 3.15. The lowest BCUT2D eigenvalue weighted by molar-refractivity contribution is -0.116. The van der Waals surface area contributed by atoms with E-state index in [1.807, 2.05) is 0 Å². The van der Waals surface area contributed by atoms with Crippen LogP contribution in [-0.2, 0) is 21.4 Å². The van der Waals surface area contributed by atoms with E-state index in [0.717, 1.165) is 6.07 Å². The van der Waals surface area contributed by atoms with Crippen molar-refractivity contribution in [2.45, 2.75) is 17.9 Å². The lowest BCUT2D eigenvalue weighted by atomic mass is 10.3. The molecule has 1 amide bonds. The van der Waals surface area contributed by atoms with Crippen LogP contribution in [0.5, 0.6) is 0 Å². The highest BCUT2D eigenvalue weighted by atomic mass is 32.2. The lowest BCUT2D eigenvalue weighted by Crippen LogP contribution is -2.20. The minimum atomic E-state index is -3.92. The highest BCUT2D eigenvalue weighted by Crippen LogP contribution is 2.19. The fraction of sp³-hybridized carbons (Fsp3) is 0.0909. The molecule has 0 radical (unpaired) electrons. The molecule has 0 aliphatic carbocycles. The van der Waals surface area contributed by atoms with Crippen LogP contribution in [0.25, 0.3) is 11.1 Å². The van der Waals surface area contributed by atoms with Crippen LogP contribution >= 0.6 is 0 Å². The zero-order valence-corrected chi connectivity index (χ0v) is 17.4. The van der Waals surface area contributed by atoms with Gasteiger partial charge in [0.25, 0.3) is 10.0 Å². The number of aromatic nitrogens is 1. The Bertz CT molecular complexity index is 1440. The Labute approximate surface area is 182 Å². The SMILES string of the molecule is O=C(CCn1c(=O)oc2ccccc21)Nc1ccc(S(=O)(=O)Nc2cccc(F)c2)cc1. The lowest BCUT2D eigenvalue weighted by Gasteiger charge is -2.10. The van der Waals surface area contributed by atoms with Crippen LogP contribution in [0.4, 0.5) is 15.8 Å². The largest absolute Gasteiger partial charge is 0.419 e. The number of hydrogen-bond donors (Lipinski definition) is 2. The molecule has 0 aliphatic heterocycles. The van der Waals surface area contributed by atoms with Gasteiger partial charge in [0.1, 0.15) is 5.82 Å². The third-order valence-electron chi connectivity index (χ3n) is 4.66. The maximum atomic E-state index is 13.3. The average Bonchev–Trinajstić information content (AvgIpc) is 3.07. The van der Waals surface area contributed by atoms with Gasteiger partial charge < -0.3 is 9.73 Å². The smallest absolute Gasteiger partial charge is 0.408 e. The number of para-hydroxylation sites is 2. The Balaban J connectivity index is 1.39. The molecule has 0 saturated carbocycles. The van der Waals surface area contributed by atoms with Gasteiger partial charge in [-0.3, -0.25) is 14.1 Å². The number of nitrogens with one attached hydrogen (secondary N) is 2. The molecule has 1 heterocycles. The number of sulfonamides is 1. The molecule has 4 aromatic rings. The van der Waals surface area contributed by atoms with Crippen molar-refractivity contribution in [2.24, 2.45) is 0 Å². The number of hydrogen-bond acceptors (Lipinski definition) is 5. The second-order valence-electron chi connectivity index (χ2n) is 6.93. The van der Waals surface area contributed by atoms with Crippen LogP contribution in [0.3, 0.4) is 0 Å². The van der Waals surface area contributed by atoms with Crippen molar-refractivity contribution in [3.05, 3.63) is 89.2 Å². The van der Waals surface area contributed by atoms with Crippen LogP contribution in [0.1, 0.15) is 6.42 Å². The van der Waals surface area contributed by atoms with Gasteiger partial charge in [-0.05, 0) is 54.6 Å². The van der Waals surface area contributed by atoms with E-state index >= 15 is 0 Å². The van der Waals surface area contributed by atoms with Crippen molar-refractivity contribution in [3.8, 4) is 0 Å². The number of fused-ring (bicyclic) bond motifs is 1. The quantitative estimate of drug-likeness (QED) is 0.443. The summed E-state index contributed by atoms with van der Waals surface area (Å²) in [4.78, 5) is 24.2. The van der Waals surface area contributed by atoms with Crippen molar-refractivity contribution >= 4 is 38.4 Å². The summed E-state index contributed by atoms with van der Waals surface area (Å²) in [5, 5.41) is 2.66. The highest BCUT2D eigenvalue weighted by molar-refractivity contribution is 7.92. The van der Waals surface area contributed by atoms with Crippen LogP contribution in [-0.4, -0.2) is 18.9 Å².